The molecule has 6 nitrogen and oxygen atoms in total. The summed E-state index contributed by atoms with van der Waals surface area (Å²) < 4.78 is 21.9. The number of hydrogen-bond donors (Lipinski definition) is 1. The minimum absolute atomic E-state index is 0.297. The highest BCUT2D eigenvalue weighted by Gasteiger charge is 2.51. The van der Waals surface area contributed by atoms with Crippen LogP contribution in [0.1, 0.15) is 64.7 Å². The molecule has 4 atom stereocenters. The highest BCUT2D eigenvalue weighted by atomic mass is 16.6. The van der Waals surface area contributed by atoms with Crippen molar-refractivity contribution in [2.45, 2.75) is 64.7 Å². The number of alkyl carbamates (subject to hydrolysis) is 1. The lowest BCUT2D eigenvalue weighted by Gasteiger charge is -2.32. The average molecular weight is 426 g/mol. The minimum atomic E-state index is -0.297. The fourth-order valence-corrected chi connectivity index (χ4v) is 6.20. The molecule has 0 aromatic rings. The number of amides is 1. The molecule has 4 unspecified atom stereocenters. The van der Waals surface area contributed by atoms with Crippen LogP contribution < -0.4 is 5.32 Å². The Balaban J connectivity index is 1.23. The van der Waals surface area contributed by atoms with Crippen molar-refractivity contribution in [1.29, 1.82) is 0 Å². The van der Waals surface area contributed by atoms with Gasteiger partial charge in [0.25, 0.3) is 0 Å². The summed E-state index contributed by atoms with van der Waals surface area (Å²) in [5, 5.41) is 2.83. The van der Waals surface area contributed by atoms with Gasteiger partial charge in [0.15, 0.2) is 0 Å². The zero-order valence-corrected chi connectivity index (χ0v) is 18.9. The number of fused-ring (bicyclic) bond motifs is 3. The first-order valence-electron chi connectivity index (χ1n) is 12.4. The molecule has 0 bridgehead atoms. The van der Waals surface area contributed by atoms with Gasteiger partial charge in [0, 0.05) is 13.2 Å². The van der Waals surface area contributed by atoms with Gasteiger partial charge in [-0.3, -0.25) is 0 Å². The van der Waals surface area contributed by atoms with E-state index in [2.05, 4.69) is 12.2 Å². The van der Waals surface area contributed by atoms with E-state index in [1.807, 2.05) is 0 Å². The average Bonchev–Trinajstić information content (AvgIpc) is 3.10. The maximum absolute atomic E-state index is 12.2. The predicted octanol–water partition coefficient (Wildman–Crippen LogP) is 4.42. The molecule has 1 N–H and O–H groups in total. The van der Waals surface area contributed by atoms with Gasteiger partial charge in [-0.15, -0.1) is 0 Å². The topological polar surface area (TPSA) is 66.0 Å². The number of hydrogen-bond acceptors (Lipinski definition) is 5. The summed E-state index contributed by atoms with van der Waals surface area (Å²) in [6, 6.07) is 0. The van der Waals surface area contributed by atoms with E-state index in [0.717, 1.165) is 36.7 Å². The third kappa shape index (κ3) is 7.10. The Hall–Kier alpha value is -0.850. The fourth-order valence-electron chi connectivity index (χ4n) is 6.20. The van der Waals surface area contributed by atoms with Crippen molar-refractivity contribution >= 4 is 6.09 Å². The predicted molar refractivity (Wildman–Crippen MR) is 116 cm³/mol. The summed E-state index contributed by atoms with van der Waals surface area (Å²) in [5.41, 5.74) is 0. The molecule has 3 fully saturated rings. The van der Waals surface area contributed by atoms with Crippen molar-refractivity contribution in [3.05, 3.63) is 0 Å². The number of carbonyl (C=O) groups excluding carboxylic acids is 1. The Morgan fingerprint density at radius 1 is 0.733 bits per heavy atom. The van der Waals surface area contributed by atoms with Gasteiger partial charge in [-0.2, -0.15) is 0 Å². The third-order valence-electron chi connectivity index (χ3n) is 7.41. The zero-order valence-electron chi connectivity index (χ0n) is 18.9. The van der Waals surface area contributed by atoms with E-state index < -0.39 is 0 Å². The zero-order chi connectivity index (χ0) is 21.0. The van der Waals surface area contributed by atoms with Gasteiger partial charge < -0.3 is 24.3 Å². The molecule has 30 heavy (non-hydrogen) atoms. The van der Waals surface area contributed by atoms with Gasteiger partial charge in [0.05, 0.1) is 39.6 Å². The van der Waals surface area contributed by atoms with Crippen molar-refractivity contribution in [3.8, 4) is 0 Å². The van der Waals surface area contributed by atoms with Crippen LogP contribution in [-0.2, 0) is 18.9 Å². The molecule has 0 radical (unpaired) electrons. The van der Waals surface area contributed by atoms with Crippen LogP contribution in [0.2, 0.25) is 0 Å². The highest BCUT2D eigenvalue weighted by molar-refractivity contribution is 5.67. The van der Waals surface area contributed by atoms with E-state index >= 15 is 0 Å². The molecule has 0 aromatic heterocycles. The molecule has 0 heterocycles. The monoisotopic (exact) mass is 425 g/mol. The van der Waals surface area contributed by atoms with Gasteiger partial charge in [0.2, 0.25) is 0 Å². The number of carbonyl (C=O) groups is 1. The van der Waals surface area contributed by atoms with E-state index in [1.165, 1.54) is 51.4 Å². The molecule has 174 valence electrons. The van der Waals surface area contributed by atoms with Gasteiger partial charge in [-0.25, -0.2) is 4.79 Å². The van der Waals surface area contributed by atoms with Crippen LogP contribution in [-0.4, -0.2) is 58.9 Å². The van der Waals surface area contributed by atoms with E-state index in [-0.39, 0.29) is 6.09 Å². The van der Waals surface area contributed by atoms with E-state index in [0.29, 0.717) is 52.1 Å². The van der Waals surface area contributed by atoms with E-state index in [4.69, 9.17) is 18.9 Å². The lowest BCUT2D eigenvalue weighted by atomic mass is 9.73. The first-order valence-corrected chi connectivity index (χ1v) is 12.4. The Labute approximate surface area is 182 Å². The molecular weight excluding hydrogens is 382 g/mol. The second-order valence-corrected chi connectivity index (χ2v) is 9.25. The SMILES string of the molecule is CCCOCCOCCOCCNC(=O)OCC1C2CCCCC2C2CCCCC21. The molecule has 3 saturated carbocycles. The van der Waals surface area contributed by atoms with E-state index in [1.54, 1.807) is 0 Å². The van der Waals surface area contributed by atoms with Crippen LogP contribution in [0, 0.1) is 29.6 Å². The standard InChI is InChI=1S/C24H43NO5/c1-2-12-27-14-16-29-17-15-28-13-11-25-24(26)30-18-23-21-9-5-3-7-19(21)20-8-4-6-10-22(20)23/h19-23H,2-18H2,1H3,(H,25,26). The van der Waals surface area contributed by atoms with Crippen molar-refractivity contribution in [1.82, 2.24) is 5.32 Å². The van der Waals surface area contributed by atoms with Crippen LogP contribution >= 0.6 is 0 Å². The van der Waals surface area contributed by atoms with Crippen molar-refractivity contribution in [3.63, 3.8) is 0 Å². The van der Waals surface area contributed by atoms with Crippen molar-refractivity contribution in [2.75, 3.05) is 52.8 Å². The lowest BCUT2D eigenvalue weighted by molar-refractivity contribution is 0.0149. The van der Waals surface area contributed by atoms with Crippen molar-refractivity contribution < 1.29 is 23.7 Å². The molecule has 0 saturated heterocycles. The second kappa shape index (κ2) is 13.5. The Morgan fingerprint density at radius 2 is 1.23 bits per heavy atom. The summed E-state index contributed by atoms with van der Waals surface area (Å²) in [6.07, 6.45) is 11.7. The van der Waals surface area contributed by atoms with Crippen LogP contribution in [0.25, 0.3) is 0 Å². The molecule has 3 aliphatic carbocycles. The Kier molecular flexibility index (Phi) is 10.7. The highest BCUT2D eigenvalue weighted by Crippen LogP contribution is 2.57. The summed E-state index contributed by atoms with van der Waals surface area (Å²) in [5.74, 6) is 3.95. The van der Waals surface area contributed by atoms with Gasteiger partial charge in [0.1, 0.15) is 0 Å². The fraction of sp³-hybridized carbons (Fsp3) is 0.958. The van der Waals surface area contributed by atoms with Gasteiger partial charge in [-0.1, -0.05) is 32.6 Å². The molecule has 6 heteroatoms. The van der Waals surface area contributed by atoms with E-state index in [9.17, 15) is 4.79 Å². The number of nitrogens with one attached hydrogen (secondary N) is 1. The third-order valence-corrected chi connectivity index (χ3v) is 7.41. The largest absolute Gasteiger partial charge is 0.449 e. The number of ether oxygens (including phenoxy) is 4. The smallest absolute Gasteiger partial charge is 0.407 e. The molecule has 3 aliphatic rings. The number of rotatable bonds is 13. The van der Waals surface area contributed by atoms with Gasteiger partial charge >= 0.3 is 6.09 Å². The first-order chi connectivity index (χ1) is 14.8. The van der Waals surface area contributed by atoms with Crippen LogP contribution in [0.15, 0.2) is 0 Å². The molecule has 0 aromatic carbocycles. The van der Waals surface area contributed by atoms with Gasteiger partial charge in [-0.05, 0) is 61.7 Å². The summed E-state index contributed by atoms with van der Waals surface area (Å²) in [6.45, 7) is 6.72. The normalized spacial score (nSPS) is 30.5. The van der Waals surface area contributed by atoms with Crippen LogP contribution in [0.4, 0.5) is 4.79 Å². The molecule has 0 spiro atoms. The minimum Gasteiger partial charge on any atom is -0.449 e. The Morgan fingerprint density at radius 3 is 1.80 bits per heavy atom. The Bertz CT molecular complexity index is 466. The van der Waals surface area contributed by atoms with Crippen molar-refractivity contribution in [2.24, 2.45) is 29.6 Å². The quantitative estimate of drug-likeness (QED) is 0.443. The summed E-state index contributed by atoms with van der Waals surface area (Å²) in [7, 11) is 0. The molecule has 1 amide bonds. The maximum Gasteiger partial charge on any atom is 0.407 e. The lowest BCUT2D eigenvalue weighted by Crippen LogP contribution is -2.32. The van der Waals surface area contributed by atoms with Crippen LogP contribution in [0.5, 0.6) is 0 Å². The summed E-state index contributed by atoms with van der Waals surface area (Å²) in [4.78, 5) is 12.2. The molecular formula is C24H43NO5. The maximum atomic E-state index is 12.2. The first kappa shape index (κ1) is 23.8. The summed E-state index contributed by atoms with van der Waals surface area (Å²) >= 11 is 0. The van der Waals surface area contributed by atoms with Crippen LogP contribution in [0.3, 0.4) is 0 Å². The molecule has 3 rings (SSSR count). The molecule has 0 aliphatic heterocycles. The second-order valence-electron chi connectivity index (χ2n) is 9.25.